The van der Waals surface area contributed by atoms with Gasteiger partial charge in [-0.15, -0.1) is 24.8 Å². The maximum atomic E-state index is 5.18. The van der Waals surface area contributed by atoms with Crippen LogP contribution in [0.25, 0.3) is 0 Å². The second-order valence-electron chi connectivity index (χ2n) is 1.97. The first-order chi connectivity index (χ1) is 4.34. The highest BCUT2D eigenvalue weighted by atomic mass is 35.5. The van der Waals surface area contributed by atoms with E-state index in [9.17, 15) is 0 Å². The van der Waals surface area contributed by atoms with Gasteiger partial charge in [0.1, 0.15) is 5.75 Å². The highest BCUT2D eigenvalue weighted by molar-refractivity contribution is 6.00. The van der Waals surface area contributed by atoms with Crippen molar-refractivity contribution in [1.29, 1.82) is 0 Å². The van der Waals surface area contributed by atoms with E-state index in [1.807, 2.05) is 31.2 Å². The number of aryl methyl sites for hydroxylation is 1. The average molecular weight is 211 g/mol. The van der Waals surface area contributed by atoms with Crippen LogP contribution in [-0.4, -0.2) is 10.5 Å². The lowest BCUT2D eigenvalue weighted by Gasteiger charge is -2.01. The summed E-state index contributed by atoms with van der Waals surface area (Å²) < 4.78 is 5.18. The summed E-state index contributed by atoms with van der Waals surface area (Å²) in [5.41, 5.74) is 1.22. The van der Waals surface area contributed by atoms with Crippen molar-refractivity contribution in [3.63, 3.8) is 0 Å². The standard InChI is InChI=1S/C7H10OSi.2ClH/c1-6-4-2-3-5-7(6)8-9;;/h2-5H,1,9H3;2*1H. The van der Waals surface area contributed by atoms with E-state index >= 15 is 0 Å². The smallest absolute Gasteiger partial charge is 0.204 e. The topological polar surface area (TPSA) is 9.23 Å². The van der Waals surface area contributed by atoms with Crippen molar-refractivity contribution in [3.05, 3.63) is 29.8 Å². The molecule has 1 aromatic carbocycles. The molecule has 4 heteroatoms. The fraction of sp³-hybridized carbons (Fsp3) is 0.143. The Kier molecular flexibility index (Phi) is 7.95. The summed E-state index contributed by atoms with van der Waals surface area (Å²) in [4.78, 5) is 0. The van der Waals surface area contributed by atoms with E-state index in [0.29, 0.717) is 0 Å². The molecule has 0 aliphatic rings. The second kappa shape index (κ2) is 6.52. The summed E-state index contributed by atoms with van der Waals surface area (Å²) in [6, 6.07) is 8.04. The molecular formula is C7H12Cl2OSi. The van der Waals surface area contributed by atoms with Gasteiger partial charge in [-0.05, 0) is 18.6 Å². The van der Waals surface area contributed by atoms with Gasteiger partial charge >= 0.3 is 0 Å². The fourth-order valence-corrected chi connectivity index (χ4v) is 1.24. The van der Waals surface area contributed by atoms with Crippen molar-refractivity contribution >= 4 is 35.3 Å². The van der Waals surface area contributed by atoms with Crippen LogP contribution in [0.3, 0.4) is 0 Å². The maximum absolute atomic E-state index is 5.18. The van der Waals surface area contributed by atoms with Crippen LogP contribution in [0.2, 0.25) is 0 Å². The van der Waals surface area contributed by atoms with Crippen LogP contribution < -0.4 is 4.43 Å². The third-order valence-electron chi connectivity index (χ3n) is 1.31. The first-order valence-electron chi connectivity index (χ1n) is 2.94. The van der Waals surface area contributed by atoms with E-state index in [-0.39, 0.29) is 24.8 Å². The lowest BCUT2D eigenvalue weighted by Crippen LogP contribution is -1.86. The van der Waals surface area contributed by atoms with Gasteiger partial charge in [-0.1, -0.05) is 18.2 Å². The van der Waals surface area contributed by atoms with Gasteiger partial charge in [-0.25, -0.2) is 0 Å². The molecule has 0 bridgehead atoms. The van der Waals surface area contributed by atoms with Crippen LogP contribution in [0, 0.1) is 6.92 Å². The van der Waals surface area contributed by atoms with Crippen LogP contribution in [0.5, 0.6) is 5.75 Å². The van der Waals surface area contributed by atoms with Crippen molar-refractivity contribution in [1.82, 2.24) is 0 Å². The van der Waals surface area contributed by atoms with E-state index in [0.717, 1.165) is 16.2 Å². The molecule has 11 heavy (non-hydrogen) atoms. The Bertz CT molecular complexity index is 205. The molecule has 0 aliphatic carbocycles. The van der Waals surface area contributed by atoms with Crippen LogP contribution in [0.1, 0.15) is 5.56 Å². The van der Waals surface area contributed by atoms with Gasteiger partial charge in [0.2, 0.25) is 10.5 Å². The molecule has 1 rings (SSSR count). The predicted octanol–water partition coefficient (Wildman–Crippen LogP) is 1.50. The molecule has 0 atom stereocenters. The Morgan fingerprint density at radius 3 is 2.09 bits per heavy atom. The summed E-state index contributed by atoms with van der Waals surface area (Å²) in [6.07, 6.45) is 0. The first kappa shape index (κ1) is 13.4. The van der Waals surface area contributed by atoms with Crippen molar-refractivity contribution in [2.24, 2.45) is 0 Å². The zero-order valence-electron chi connectivity index (χ0n) is 6.53. The van der Waals surface area contributed by atoms with Gasteiger partial charge in [0.05, 0.1) is 0 Å². The lowest BCUT2D eigenvalue weighted by atomic mass is 10.2. The zero-order valence-corrected chi connectivity index (χ0v) is 10.2. The summed E-state index contributed by atoms with van der Waals surface area (Å²) in [6.45, 7) is 2.05. The molecule has 0 unspecified atom stereocenters. The molecule has 0 amide bonds. The molecule has 0 heterocycles. The number of hydrogen-bond acceptors (Lipinski definition) is 1. The van der Waals surface area contributed by atoms with Crippen molar-refractivity contribution in [2.45, 2.75) is 6.92 Å². The molecule has 0 radical (unpaired) electrons. The highest BCUT2D eigenvalue weighted by Crippen LogP contribution is 2.14. The summed E-state index contributed by atoms with van der Waals surface area (Å²) in [5.74, 6) is 1.02. The average Bonchev–Trinajstić information content (AvgIpc) is 1.89. The third kappa shape index (κ3) is 3.65. The molecule has 0 aliphatic heterocycles. The summed E-state index contributed by atoms with van der Waals surface area (Å²) in [7, 11) is 0.775. The molecular weight excluding hydrogens is 199 g/mol. The molecule has 0 saturated heterocycles. The minimum Gasteiger partial charge on any atom is -0.553 e. The number of hydrogen-bond donors (Lipinski definition) is 0. The number of para-hydroxylation sites is 1. The minimum atomic E-state index is 0. The normalized spacial score (nSPS) is 7.73. The van der Waals surface area contributed by atoms with Crippen LogP contribution in [0.15, 0.2) is 24.3 Å². The van der Waals surface area contributed by atoms with Gasteiger partial charge in [-0.3, -0.25) is 0 Å². The predicted molar refractivity (Wildman–Crippen MR) is 56.2 cm³/mol. The zero-order chi connectivity index (χ0) is 6.69. The van der Waals surface area contributed by atoms with Gasteiger partial charge in [0.25, 0.3) is 0 Å². The van der Waals surface area contributed by atoms with Gasteiger partial charge in [0, 0.05) is 0 Å². The summed E-state index contributed by atoms with van der Waals surface area (Å²) in [5, 5.41) is 0. The molecule has 0 spiro atoms. The van der Waals surface area contributed by atoms with Crippen molar-refractivity contribution in [3.8, 4) is 5.75 Å². The maximum Gasteiger partial charge on any atom is 0.204 e. The molecule has 1 aromatic rings. The fourth-order valence-electron chi connectivity index (χ4n) is 0.785. The van der Waals surface area contributed by atoms with Gasteiger partial charge in [0.15, 0.2) is 0 Å². The number of rotatable bonds is 1. The second-order valence-corrected chi connectivity index (χ2v) is 2.38. The highest BCUT2D eigenvalue weighted by Gasteiger charge is 1.90. The molecule has 1 nitrogen and oxygen atoms in total. The van der Waals surface area contributed by atoms with Gasteiger partial charge < -0.3 is 4.43 Å². The summed E-state index contributed by atoms with van der Waals surface area (Å²) >= 11 is 0. The minimum absolute atomic E-state index is 0. The van der Waals surface area contributed by atoms with E-state index < -0.39 is 0 Å². The first-order valence-corrected chi connectivity index (χ1v) is 3.76. The van der Waals surface area contributed by atoms with Gasteiger partial charge in [-0.2, -0.15) is 0 Å². The quantitative estimate of drug-likeness (QED) is 0.639. The van der Waals surface area contributed by atoms with Crippen LogP contribution in [0.4, 0.5) is 0 Å². The Hall–Kier alpha value is -0.183. The van der Waals surface area contributed by atoms with E-state index in [2.05, 4.69) is 0 Å². The van der Waals surface area contributed by atoms with Crippen LogP contribution >= 0.6 is 24.8 Å². The molecule has 64 valence electrons. The molecule has 0 aromatic heterocycles. The van der Waals surface area contributed by atoms with E-state index in [4.69, 9.17) is 4.43 Å². The van der Waals surface area contributed by atoms with Crippen molar-refractivity contribution in [2.75, 3.05) is 0 Å². The Labute approximate surface area is 82.5 Å². The number of benzene rings is 1. The monoisotopic (exact) mass is 210 g/mol. The Morgan fingerprint density at radius 1 is 1.18 bits per heavy atom. The van der Waals surface area contributed by atoms with Crippen molar-refractivity contribution < 1.29 is 4.43 Å². The van der Waals surface area contributed by atoms with Crippen LogP contribution in [-0.2, 0) is 0 Å². The number of halogens is 2. The third-order valence-corrected chi connectivity index (χ3v) is 1.75. The Morgan fingerprint density at radius 2 is 1.73 bits per heavy atom. The Balaban J connectivity index is 0. The molecule has 0 fully saturated rings. The largest absolute Gasteiger partial charge is 0.553 e. The SMILES string of the molecule is Cc1ccccc1O[SiH3].Cl.Cl. The molecule has 0 N–H and O–H groups in total. The lowest BCUT2D eigenvalue weighted by molar-refractivity contribution is 0.610. The van der Waals surface area contributed by atoms with E-state index in [1.54, 1.807) is 0 Å². The van der Waals surface area contributed by atoms with E-state index in [1.165, 1.54) is 5.56 Å². The molecule has 0 saturated carbocycles.